The summed E-state index contributed by atoms with van der Waals surface area (Å²) in [6.07, 6.45) is -3.00. The maximum Gasteiger partial charge on any atom is 0.390 e. The molecule has 0 radical (unpaired) electrons. The van der Waals surface area contributed by atoms with Gasteiger partial charge in [0.1, 0.15) is 5.82 Å². The molecule has 0 amide bonds. The Bertz CT molecular complexity index is 408. The molecule has 2 unspecified atom stereocenters. The average Bonchev–Trinajstić information content (AvgIpc) is 3.08. The van der Waals surface area contributed by atoms with Gasteiger partial charge in [0.15, 0.2) is 0 Å². The van der Waals surface area contributed by atoms with Crippen LogP contribution in [0.15, 0.2) is 24.3 Å². The van der Waals surface area contributed by atoms with Gasteiger partial charge in [0.05, 0.1) is 6.42 Å². The summed E-state index contributed by atoms with van der Waals surface area (Å²) in [4.78, 5) is 0. The second kappa shape index (κ2) is 5.49. The van der Waals surface area contributed by atoms with Gasteiger partial charge in [-0.1, -0.05) is 12.1 Å². The van der Waals surface area contributed by atoms with Crippen molar-refractivity contribution in [2.45, 2.75) is 44.4 Å². The minimum Gasteiger partial charge on any atom is -0.307 e. The molecule has 2 atom stereocenters. The van der Waals surface area contributed by atoms with E-state index in [9.17, 15) is 17.6 Å². The highest BCUT2D eigenvalue weighted by atomic mass is 19.4. The number of alkyl halides is 3. The van der Waals surface area contributed by atoms with E-state index in [-0.39, 0.29) is 11.9 Å². The van der Waals surface area contributed by atoms with Crippen LogP contribution in [-0.4, -0.2) is 12.2 Å². The van der Waals surface area contributed by atoms with Crippen LogP contribution in [0.4, 0.5) is 17.6 Å². The third kappa shape index (κ3) is 4.49. The molecule has 19 heavy (non-hydrogen) atoms. The summed E-state index contributed by atoms with van der Waals surface area (Å²) < 4.78 is 49.9. The van der Waals surface area contributed by atoms with Crippen LogP contribution < -0.4 is 5.32 Å². The summed E-state index contributed by atoms with van der Waals surface area (Å²) in [6, 6.07) is 5.23. The van der Waals surface area contributed by atoms with Gasteiger partial charge in [-0.2, -0.15) is 13.2 Å². The molecule has 0 aliphatic heterocycles. The summed E-state index contributed by atoms with van der Waals surface area (Å²) in [5.74, 6) is 0.0304. The van der Waals surface area contributed by atoms with Gasteiger partial charge in [0, 0.05) is 12.1 Å². The topological polar surface area (TPSA) is 12.0 Å². The zero-order valence-electron chi connectivity index (χ0n) is 10.7. The Kier molecular flexibility index (Phi) is 4.13. The fraction of sp³-hybridized carbons (Fsp3) is 0.571. The number of hydrogen-bond acceptors (Lipinski definition) is 1. The normalized spacial score (nSPS) is 19.2. The summed E-state index contributed by atoms with van der Waals surface area (Å²) in [7, 11) is 0. The Balaban J connectivity index is 2.02. The summed E-state index contributed by atoms with van der Waals surface area (Å²) in [6.45, 7) is 1.53. The lowest BCUT2D eigenvalue weighted by molar-refractivity contribution is -0.139. The number of hydrogen-bond donors (Lipinski definition) is 1. The van der Waals surface area contributed by atoms with Crippen molar-refractivity contribution in [3.05, 3.63) is 35.6 Å². The predicted molar refractivity (Wildman–Crippen MR) is 65.1 cm³/mol. The number of halogens is 4. The summed E-state index contributed by atoms with van der Waals surface area (Å²) in [5.41, 5.74) is 0.859. The van der Waals surface area contributed by atoms with Crippen molar-refractivity contribution in [1.29, 1.82) is 0 Å². The van der Waals surface area contributed by atoms with Crippen molar-refractivity contribution in [1.82, 2.24) is 5.32 Å². The summed E-state index contributed by atoms with van der Waals surface area (Å²) in [5, 5.41) is 3.03. The lowest BCUT2D eigenvalue weighted by Crippen LogP contribution is -2.35. The standard InChI is InChI=1S/C14H17F4N/c1-9(8-14(16,17)18)19-13(10-2-3-10)11-4-6-12(15)7-5-11/h4-7,9-10,13,19H,2-3,8H2,1H3. The number of nitrogens with one attached hydrogen (secondary N) is 1. The second-order valence-corrected chi connectivity index (χ2v) is 5.25. The zero-order valence-corrected chi connectivity index (χ0v) is 10.7. The van der Waals surface area contributed by atoms with Crippen molar-refractivity contribution >= 4 is 0 Å². The fourth-order valence-corrected chi connectivity index (χ4v) is 2.32. The maximum atomic E-state index is 12.9. The molecule has 1 nitrogen and oxygen atoms in total. The smallest absolute Gasteiger partial charge is 0.307 e. The Hall–Kier alpha value is -1.10. The van der Waals surface area contributed by atoms with Crippen LogP contribution >= 0.6 is 0 Å². The highest BCUT2D eigenvalue weighted by molar-refractivity contribution is 5.22. The van der Waals surface area contributed by atoms with E-state index in [1.165, 1.54) is 19.1 Å². The molecule has 0 saturated heterocycles. The third-order valence-corrected chi connectivity index (χ3v) is 3.32. The van der Waals surface area contributed by atoms with Crippen LogP contribution in [0.2, 0.25) is 0 Å². The first-order valence-corrected chi connectivity index (χ1v) is 6.43. The first-order chi connectivity index (χ1) is 8.85. The van der Waals surface area contributed by atoms with E-state index in [1.807, 2.05) is 0 Å². The van der Waals surface area contributed by atoms with Crippen molar-refractivity contribution in [2.24, 2.45) is 5.92 Å². The Morgan fingerprint density at radius 1 is 1.21 bits per heavy atom. The maximum absolute atomic E-state index is 12.9. The van der Waals surface area contributed by atoms with Gasteiger partial charge in [0.25, 0.3) is 0 Å². The third-order valence-electron chi connectivity index (χ3n) is 3.32. The molecule has 0 aromatic heterocycles. The van der Waals surface area contributed by atoms with Crippen molar-refractivity contribution in [2.75, 3.05) is 0 Å². The minimum atomic E-state index is -4.16. The Morgan fingerprint density at radius 3 is 2.26 bits per heavy atom. The molecule has 1 aliphatic rings. The van der Waals surface area contributed by atoms with Crippen LogP contribution in [0.5, 0.6) is 0 Å². The summed E-state index contributed by atoms with van der Waals surface area (Å²) >= 11 is 0. The fourth-order valence-electron chi connectivity index (χ4n) is 2.32. The Labute approximate surface area is 110 Å². The molecule has 1 saturated carbocycles. The van der Waals surface area contributed by atoms with Crippen LogP contribution in [0, 0.1) is 11.7 Å². The van der Waals surface area contributed by atoms with Crippen molar-refractivity contribution < 1.29 is 17.6 Å². The van der Waals surface area contributed by atoms with Gasteiger partial charge in [-0.05, 0) is 43.4 Å². The Morgan fingerprint density at radius 2 is 1.79 bits per heavy atom. The minimum absolute atomic E-state index is 0.113. The van der Waals surface area contributed by atoms with Crippen LogP contribution in [-0.2, 0) is 0 Å². The molecule has 106 valence electrons. The van der Waals surface area contributed by atoms with Gasteiger partial charge in [-0.3, -0.25) is 0 Å². The van der Waals surface area contributed by atoms with Crippen LogP contribution in [0.25, 0.3) is 0 Å². The predicted octanol–water partition coefficient (Wildman–Crippen LogP) is 4.21. The molecule has 0 bridgehead atoms. The van der Waals surface area contributed by atoms with E-state index < -0.39 is 18.6 Å². The highest BCUT2D eigenvalue weighted by Crippen LogP contribution is 2.41. The zero-order chi connectivity index (χ0) is 14.0. The molecular formula is C14H17F4N. The quantitative estimate of drug-likeness (QED) is 0.794. The SMILES string of the molecule is CC(CC(F)(F)F)NC(c1ccc(F)cc1)C1CC1. The molecule has 1 aromatic carbocycles. The first-order valence-electron chi connectivity index (χ1n) is 6.43. The van der Waals surface area contributed by atoms with E-state index in [2.05, 4.69) is 5.32 Å². The molecule has 1 fully saturated rings. The molecule has 0 heterocycles. The lowest BCUT2D eigenvalue weighted by atomic mass is 10.0. The van der Waals surface area contributed by atoms with Gasteiger partial charge in [-0.25, -0.2) is 4.39 Å². The second-order valence-electron chi connectivity index (χ2n) is 5.25. The molecular weight excluding hydrogens is 258 g/mol. The van der Waals surface area contributed by atoms with Crippen molar-refractivity contribution in [3.8, 4) is 0 Å². The largest absolute Gasteiger partial charge is 0.390 e. The molecule has 2 rings (SSSR count). The average molecular weight is 275 g/mol. The monoisotopic (exact) mass is 275 g/mol. The first kappa shape index (κ1) is 14.3. The highest BCUT2D eigenvalue weighted by Gasteiger charge is 2.36. The van der Waals surface area contributed by atoms with Crippen molar-refractivity contribution in [3.63, 3.8) is 0 Å². The molecule has 1 aromatic rings. The van der Waals surface area contributed by atoms with Gasteiger partial charge in [-0.15, -0.1) is 0 Å². The van der Waals surface area contributed by atoms with E-state index in [0.717, 1.165) is 18.4 Å². The van der Waals surface area contributed by atoms with Crippen LogP contribution in [0.1, 0.15) is 37.8 Å². The van der Waals surface area contributed by atoms with E-state index in [4.69, 9.17) is 0 Å². The number of rotatable bonds is 5. The molecule has 1 aliphatic carbocycles. The number of benzene rings is 1. The van der Waals surface area contributed by atoms with Gasteiger partial charge >= 0.3 is 6.18 Å². The van der Waals surface area contributed by atoms with Gasteiger partial charge in [0.2, 0.25) is 0 Å². The molecule has 1 N–H and O–H groups in total. The van der Waals surface area contributed by atoms with E-state index in [0.29, 0.717) is 5.92 Å². The van der Waals surface area contributed by atoms with Gasteiger partial charge < -0.3 is 5.32 Å². The van der Waals surface area contributed by atoms with E-state index >= 15 is 0 Å². The lowest BCUT2D eigenvalue weighted by Gasteiger charge is -2.24. The molecule has 0 spiro atoms. The molecule has 5 heteroatoms. The van der Waals surface area contributed by atoms with E-state index in [1.54, 1.807) is 12.1 Å². The van der Waals surface area contributed by atoms with Crippen LogP contribution in [0.3, 0.4) is 0 Å².